The molecule has 4 nitrogen and oxygen atoms in total. The highest BCUT2D eigenvalue weighted by molar-refractivity contribution is 6.11. The third-order valence-electron chi connectivity index (χ3n) is 4.51. The molecule has 1 fully saturated rings. The summed E-state index contributed by atoms with van der Waals surface area (Å²) < 4.78 is 11.0. The number of carbonyl (C=O) groups excluding carboxylic acids is 1. The maximum atomic E-state index is 13.4. The fraction of sp³-hybridized carbons (Fsp3) is 0.174. The first-order valence-corrected chi connectivity index (χ1v) is 9.02. The molecule has 1 amide bonds. The summed E-state index contributed by atoms with van der Waals surface area (Å²) in [6, 6.07) is 24.9. The number of amides is 1. The number of para-hydroxylation sites is 1. The zero-order valence-electron chi connectivity index (χ0n) is 15.2. The summed E-state index contributed by atoms with van der Waals surface area (Å²) in [7, 11) is 0. The van der Waals surface area contributed by atoms with Crippen molar-refractivity contribution in [3.8, 4) is 5.75 Å². The number of epoxide rings is 1. The molecule has 0 saturated carbocycles. The molecule has 136 valence electrons. The van der Waals surface area contributed by atoms with Gasteiger partial charge >= 0.3 is 0 Å². The largest absolute Gasteiger partial charge is 0.491 e. The Morgan fingerprint density at radius 2 is 1.70 bits per heavy atom. The van der Waals surface area contributed by atoms with Gasteiger partial charge in [-0.25, -0.2) is 0 Å². The van der Waals surface area contributed by atoms with Gasteiger partial charge in [0.2, 0.25) is 0 Å². The SMILES string of the molecule is Cc1ccccc1C(=O)N(c1ccccc1)c1cccc(OCC2CO2)c1. The van der Waals surface area contributed by atoms with Gasteiger partial charge in [-0.1, -0.05) is 42.5 Å². The van der Waals surface area contributed by atoms with Crippen LogP contribution in [-0.2, 0) is 4.74 Å². The van der Waals surface area contributed by atoms with Gasteiger partial charge in [-0.15, -0.1) is 0 Å². The Labute approximate surface area is 159 Å². The van der Waals surface area contributed by atoms with Gasteiger partial charge in [-0.3, -0.25) is 9.69 Å². The molecule has 1 atom stereocenters. The van der Waals surface area contributed by atoms with Crippen LogP contribution >= 0.6 is 0 Å². The van der Waals surface area contributed by atoms with Gasteiger partial charge in [0.25, 0.3) is 5.91 Å². The number of aryl methyl sites for hydroxylation is 1. The average Bonchev–Trinajstić information content (AvgIpc) is 3.53. The van der Waals surface area contributed by atoms with Gasteiger partial charge in [-0.05, 0) is 42.8 Å². The molecule has 0 N–H and O–H groups in total. The summed E-state index contributed by atoms with van der Waals surface area (Å²) in [6.45, 7) is 3.23. The maximum Gasteiger partial charge on any atom is 0.263 e. The number of hydrogen-bond donors (Lipinski definition) is 0. The first-order chi connectivity index (χ1) is 13.2. The number of benzene rings is 3. The number of hydrogen-bond acceptors (Lipinski definition) is 3. The minimum Gasteiger partial charge on any atom is -0.491 e. The van der Waals surface area contributed by atoms with Crippen molar-refractivity contribution in [2.75, 3.05) is 18.1 Å². The van der Waals surface area contributed by atoms with Gasteiger partial charge < -0.3 is 9.47 Å². The summed E-state index contributed by atoms with van der Waals surface area (Å²) in [5.74, 6) is 0.656. The second-order valence-electron chi connectivity index (χ2n) is 6.55. The summed E-state index contributed by atoms with van der Waals surface area (Å²) in [5.41, 5.74) is 3.21. The van der Waals surface area contributed by atoms with Gasteiger partial charge in [0, 0.05) is 17.3 Å². The van der Waals surface area contributed by atoms with Gasteiger partial charge in [0.15, 0.2) is 0 Å². The van der Waals surface area contributed by atoms with Crippen LogP contribution in [0, 0.1) is 6.92 Å². The standard InChI is InChI=1S/C23H21NO3/c1-17-8-5-6-13-22(17)23(25)24(18-9-3-2-4-10-18)19-11-7-12-20(14-19)26-15-21-16-27-21/h2-14,21H,15-16H2,1H3. The van der Waals surface area contributed by atoms with Gasteiger partial charge in [0.05, 0.1) is 12.3 Å². The van der Waals surface area contributed by atoms with E-state index in [0.29, 0.717) is 12.2 Å². The Balaban J connectivity index is 1.71. The van der Waals surface area contributed by atoms with Crippen LogP contribution in [0.25, 0.3) is 0 Å². The van der Waals surface area contributed by atoms with Crippen LogP contribution in [0.3, 0.4) is 0 Å². The number of rotatable bonds is 6. The second kappa shape index (κ2) is 7.64. The predicted octanol–water partition coefficient (Wildman–Crippen LogP) is 4.75. The van der Waals surface area contributed by atoms with Crippen LogP contribution in [0.15, 0.2) is 78.9 Å². The van der Waals surface area contributed by atoms with Crippen molar-refractivity contribution in [2.45, 2.75) is 13.0 Å². The van der Waals surface area contributed by atoms with Crippen molar-refractivity contribution in [2.24, 2.45) is 0 Å². The third-order valence-corrected chi connectivity index (χ3v) is 4.51. The van der Waals surface area contributed by atoms with Crippen LogP contribution in [0.2, 0.25) is 0 Å². The normalized spacial score (nSPS) is 15.2. The average molecular weight is 359 g/mol. The molecule has 1 aliphatic rings. The molecule has 0 aliphatic carbocycles. The highest BCUT2D eigenvalue weighted by atomic mass is 16.6. The van der Waals surface area contributed by atoms with E-state index in [-0.39, 0.29) is 12.0 Å². The zero-order chi connectivity index (χ0) is 18.6. The van der Waals surface area contributed by atoms with Crippen molar-refractivity contribution in [1.29, 1.82) is 0 Å². The molecule has 0 radical (unpaired) electrons. The molecule has 3 aromatic rings. The van der Waals surface area contributed by atoms with E-state index in [1.54, 1.807) is 4.90 Å². The summed E-state index contributed by atoms with van der Waals surface area (Å²) in [5, 5.41) is 0. The molecule has 0 aromatic heterocycles. The van der Waals surface area contributed by atoms with Crippen molar-refractivity contribution in [1.82, 2.24) is 0 Å². The van der Waals surface area contributed by atoms with E-state index in [9.17, 15) is 4.79 Å². The Morgan fingerprint density at radius 1 is 1.00 bits per heavy atom. The zero-order valence-corrected chi connectivity index (χ0v) is 15.2. The topological polar surface area (TPSA) is 42.1 Å². The second-order valence-corrected chi connectivity index (χ2v) is 6.55. The molecule has 0 spiro atoms. The molecule has 1 heterocycles. The van der Waals surface area contributed by atoms with E-state index in [2.05, 4.69) is 0 Å². The Kier molecular flexibility index (Phi) is 4.90. The minimum absolute atomic E-state index is 0.0676. The minimum atomic E-state index is -0.0676. The predicted molar refractivity (Wildman–Crippen MR) is 106 cm³/mol. The molecule has 1 unspecified atom stereocenters. The lowest BCUT2D eigenvalue weighted by Crippen LogP contribution is -2.26. The van der Waals surface area contributed by atoms with Gasteiger partial charge in [-0.2, -0.15) is 0 Å². The lowest BCUT2D eigenvalue weighted by Gasteiger charge is -2.24. The van der Waals surface area contributed by atoms with E-state index < -0.39 is 0 Å². The van der Waals surface area contributed by atoms with Crippen LogP contribution in [0.4, 0.5) is 11.4 Å². The molecule has 0 bridgehead atoms. The first-order valence-electron chi connectivity index (χ1n) is 9.02. The number of nitrogens with zero attached hydrogens (tertiary/aromatic N) is 1. The molecule has 27 heavy (non-hydrogen) atoms. The van der Waals surface area contributed by atoms with Crippen LogP contribution in [0.1, 0.15) is 15.9 Å². The van der Waals surface area contributed by atoms with Crippen molar-refractivity contribution < 1.29 is 14.3 Å². The van der Waals surface area contributed by atoms with E-state index in [1.165, 1.54) is 0 Å². The number of anilines is 2. The van der Waals surface area contributed by atoms with Gasteiger partial charge in [0.1, 0.15) is 18.5 Å². The monoisotopic (exact) mass is 359 g/mol. The quantitative estimate of drug-likeness (QED) is 0.597. The van der Waals surface area contributed by atoms with E-state index in [4.69, 9.17) is 9.47 Å². The van der Waals surface area contributed by atoms with E-state index >= 15 is 0 Å². The lowest BCUT2D eigenvalue weighted by molar-refractivity contribution is 0.0998. The Morgan fingerprint density at radius 3 is 2.44 bits per heavy atom. The number of ether oxygens (including phenoxy) is 2. The molecule has 4 rings (SSSR count). The van der Waals surface area contributed by atoms with E-state index in [0.717, 1.165) is 29.3 Å². The van der Waals surface area contributed by atoms with Crippen LogP contribution < -0.4 is 9.64 Å². The first kappa shape index (κ1) is 17.3. The number of carbonyl (C=O) groups is 1. The fourth-order valence-corrected chi connectivity index (χ4v) is 2.96. The molecule has 3 aromatic carbocycles. The highest BCUT2D eigenvalue weighted by Crippen LogP contribution is 2.31. The van der Waals surface area contributed by atoms with Crippen molar-refractivity contribution in [3.63, 3.8) is 0 Å². The van der Waals surface area contributed by atoms with E-state index in [1.807, 2.05) is 85.8 Å². The lowest BCUT2D eigenvalue weighted by atomic mass is 10.1. The Bertz CT molecular complexity index is 935. The van der Waals surface area contributed by atoms with Crippen molar-refractivity contribution >= 4 is 17.3 Å². The molecular weight excluding hydrogens is 338 g/mol. The summed E-state index contributed by atoms with van der Waals surface area (Å²) >= 11 is 0. The fourth-order valence-electron chi connectivity index (χ4n) is 2.96. The van der Waals surface area contributed by atoms with Crippen molar-refractivity contribution in [3.05, 3.63) is 90.0 Å². The third kappa shape index (κ3) is 4.01. The summed E-state index contributed by atoms with van der Waals surface area (Å²) in [4.78, 5) is 15.1. The smallest absolute Gasteiger partial charge is 0.263 e. The molecular formula is C23H21NO3. The molecule has 1 aliphatic heterocycles. The maximum absolute atomic E-state index is 13.4. The molecule has 1 saturated heterocycles. The van der Waals surface area contributed by atoms with Crippen LogP contribution in [-0.4, -0.2) is 25.2 Å². The van der Waals surface area contributed by atoms with Crippen LogP contribution in [0.5, 0.6) is 5.75 Å². The Hall–Kier alpha value is -3.11. The summed E-state index contributed by atoms with van der Waals surface area (Å²) in [6.07, 6.45) is 0.187. The molecule has 4 heteroatoms. The highest BCUT2D eigenvalue weighted by Gasteiger charge is 2.24.